The third-order valence-electron chi connectivity index (χ3n) is 3.90. The first-order valence-electron chi connectivity index (χ1n) is 7.06. The normalized spacial score (nSPS) is 14.1. The van der Waals surface area contributed by atoms with Crippen LogP contribution >= 0.6 is 0 Å². The zero-order valence-electron chi connectivity index (χ0n) is 12.6. The smallest absolute Gasteiger partial charge is 0.123 e. The second-order valence-corrected chi connectivity index (χ2v) is 5.51. The Bertz CT molecular complexity index is 574. The van der Waals surface area contributed by atoms with Crippen molar-refractivity contribution < 1.29 is 4.39 Å². The summed E-state index contributed by atoms with van der Waals surface area (Å²) >= 11 is 0. The van der Waals surface area contributed by atoms with Crippen molar-refractivity contribution in [2.45, 2.75) is 39.8 Å². The van der Waals surface area contributed by atoms with E-state index < -0.39 is 0 Å². The highest BCUT2D eigenvalue weighted by Gasteiger charge is 2.11. The van der Waals surface area contributed by atoms with E-state index in [-0.39, 0.29) is 17.9 Å². The van der Waals surface area contributed by atoms with Gasteiger partial charge < -0.3 is 5.32 Å². The average Bonchev–Trinajstić information content (AvgIpc) is 2.42. The van der Waals surface area contributed by atoms with Crippen LogP contribution in [0.25, 0.3) is 0 Å². The molecular formula is C18H22FN. The van der Waals surface area contributed by atoms with Crippen LogP contribution in [0.3, 0.4) is 0 Å². The molecule has 0 aliphatic heterocycles. The van der Waals surface area contributed by atoms with E-state index in [1.807, 2.05) is 12.1 Å². The van der Waals surface area contributed by atoms with Gasteiger partial charge in [0.15, 0.2) is 0 Å². The minimum atomic E-state index is -0.192. The maximum absolute atomic E-state index is 12.9. The fraction of sp³-hybridized carbons (Fsp3) is 0.333. The van der Waals surface area contributed by atoms with Gasteiger partial charge in [0.1, 0.15) is 5.82 Å². The average molecular weight is 271 g/mol. The SMILES string of the molecule is Cc1ccc(C(C)N[C@H](C)c2ccc(F)cc2)cc1C. The highest BCUT2D eigenvalue weighted by Crippen LogP contribution is 2.21. The van der Waals surface area contributed by atoms with Crippen LogP contribution < -0.4 is 5.32 Å². The van der Waals surface area contributed by atoms with Gasteiger partial charge in [-0.25, -0.2) is 4.39 Å². The molecule has 20 heavy (non-hydrogen) atoms. The Kier molecular flexibility index (Phi) is 4.56. The van der Waals surface area contributed by atoms with Gasteiger partial charge in [0.2, 0.25) is 0 Å². The Balaban J connectivity index is 2.08. The summed E-state index contributed by atoms with van der Waals surface area (Å²) in [5, 5.41) is 3.56. The van der Waals surface area contributed by atoms with Crippen molar-refractivity contribution in [3.63, 3.8) is 0 Å². The summed E-state index contributed by atoms with van der Waals surface area (Å²) in [6.45, 7) is 8.52. The van der Waals surface area contributed by atoms with Crippen molar-refractivity contribution >= 4 is 0 Å². The molecule has 2 heteroatoms. The maximum atomic E-state index is 12.9. The van der Waals surface area contributed by atoms with E-state index in [1.54, 1.807) is 0 Å². The van der Waals surface area contributed by atoms with Gasteiger partial charge in [0.25, 0.3) is 0 Å². The molecular weight excluding hydrogens is 249 g/mol. The Hall–Kier alpha value is -1.67. The van der Waals surface area contributed by atoms with E-state index in [9.17, 15) is 4.39 Å². The van der Waals surface area contributed by atoms with Crippen molar-refractivity contribution in [2.75, 3.05) is 0 Å². The second kappa shape index (κ2) is 6.19. The molecule has 0 saturated heterocycles. The highest BCUT2D eigenvalue weighted by molar-refractivity contribution is 5.31. The van der Waals surface area contributed by atoms with Gasteiger partial charge in [-0.1, -0.05) is 30.3 Å². The standard InChI is InChI=1S/C18H22FN/c1-12-5-6-17(11-13(12)2)15(4)20-14(3)16-7-9-18(19)10-8-16/h5-11,14-15,20H,1-4H3/t14-,15?/m1/s1. The van der Waals surface area contributed by atoms with E-state index in [0.29, 0.717) is 0 Å². The van der Waals surface area contributed by atoms with Crippen LogP contribution in [-0.4, -0.2) is 0 Å². The van der Waals surface area contributed by atoms with Gasteiger partial charge >= 0.3 is 0 Å². The summed E-state index contributed by atoms with van der Waals surface area (Å²) < 4.78 is 12.9. The predicted molar refractivity (Wildman–Crippen MR) is 82.3 cm³/mol. The summed E-state index contributed by atoms with van der Waals surface area (Å²) in [6, 6.07) is 13.7. The van der Waals surface area contributed by atoms with Gasteiger partial charge in [-0.3, -0.25) is 0 Å². The number of rotatable bonds is 4. The fourth-order valence-corrected chi connectivity index (χ4v) is 2.35. The molecule has 0 spiro atoms. The van der Waals surface area contributed by atoms with E-state index in [2.05, 4.69) is 51.2 Å². The minimum Gasteiger partial charge on any atom is -0.304 e. The molecule has 0 fully saturated rings. The zero-order chi connectivity index (χ0) is 14.7. The van der Waals surface area contributed by atoms with Gasteiger partial charge in [-0.15, -0.1) is 0 Å². The Morgan fingerprint density at radius 2 is 1.35 bits per heavy atom. The summed E-state index contributed by atoms with van der Waals surface area (Å²) in [5.41, 5.74) is 5.00. The molecule has 0 heterocycles. The number of hydrogen-bond donors (Lipinski definition) is 1. The highest BCUT2D eigenvalue weighted by atomic mass is 19.1. The topological polar surface area (TPSA) is 12.0 Å². The molecule has 0 aromatic heterocycles. The number of aryl methyl sites for hydroxylation is 2. The maximum Gasteiger partial charge on any atom is 0.123 e. The minimum absolute atomic E-state index is 0.187. The van der Waals surface area contributed by atoms with E-state index in [4.69, 9.17) is 0 Å². The summed E-state index contributed by atoms with van der Waals surface area (Å²) in [4.78, 5) is 0. The van der Waals surface area contributed by atoms with Crippen molar-refractivity contribution in [1.29, 1.82) is 0 Å². The second-order valence-electron chi connectivity index (χ2n) is 5.51. The molecule has 0 radical (unpaired) electrons. The Labute approximate surface area is 120 Å². The van der Waals surface area contributed by atoms with E-state index in [0.717, 1.165) is 5.56 Å². The van der Waals surface area contributed by atoms with Gasteiger partial charge in [-0.2, -0.15) is 0 Å². The molecule has 0 amide bonds. The molecule has 0 saturated carbocycles. The van der Waals surface area contributed by atoms with E-state index in [1.165, 1.54) is 28.8 Å². The zero-order valence-corrected chi connectivity index (χ0v) is 12.6. The molecule has 1 N–H and O–H groups in total. The van der Waals surface area contributed by atoms with Gasteiger partial charge in [0, 0.05) is 12.1 Å². The predicted octanol–water partition coefficient (Wildman–Crippen LogP) is 4.85. The fourth-order valence-electron chi connectivity index (χ4n) is 2.35. The van der Waals surface area contributed by atoms with Crippen molar-refractivity contribution in [1.82, 2.24) is 5.32 Å². The molecule has 0 aliphatic rings. The largest absolute Gasteiger partial charge is 0.304 e. The quantitative estimate of drug-likeness (QED) is 0.837. The molecule has 2 aromatic rings. The lowest BCUT2D eigenvalue weighted by Crippen LogP contribution is -2.22. The van der Waals surface area contributed by atoms with E-state index >= 15 is 0 Å². The molecule has 0 bridgehead atoms. The van der Waals surface area contributed by atoms with Crippen LogP contribution in [0.15, 0.2) is 42.5 Å². The number of halogens is 1. The van der Waals surface area contributed by atoms with Crippen LogP contribution in [-0.2, 0) is 0 Å². The first-order valence-corrected chi connectivity index (χ1v) is 7.06. The summed E-state index contributed by atoms with van der Waals surface area (Å²) in [7, 11) is 0. The molecule has 1 unspecified atom stereocenters. The number of nitrogens with one attached hydrogen (secondary N) is 1. The molecule has 0 aliphatic carbocycles. The van der Waals surface area contributed by atoms with Crippen LogP contribution in [0.4, 0.5) is 4.39 Å². The first-order chi connectivity index (χ1) is 9.47. The lowest BCUT2D eigenvalue weighted by atomic mass is 10.0. The van der Waals surface area contributed by atoms with Crippen LogP contribution in [0.5, 0.6) is 0 Å². The van der Waals surface area contributed by atoms with Crippen molar-refractivity contribution in [2.24, 2.45) is 0 Å². The monoisotopic (exact) mass is 271 g/mol. The van der Waals surface area contributed by atoms with Gasteiger partial charge in [0.05, 0.1) is 0 Å². The molecule has 2 aromatic carbocycles. The van der Waals surface area contributed by atoms with Crippen molar-refractivity contribution in [3.05, 3.63) is 70.5 Å². The van der Waals surface area contributed by atoms with Crippen LogP contribution in [0, 0.1) is 19.7 Å². The number of hydrogen-bond acceptors (Lipinski definition) is 1. The third-order valence-corrected chi connectivity index (χ3v) is 3.90. The molecule has 1 nitrogen and oxygen atoms in total. The first kappa shape index (κ1) is 14.7. The Morgan fingerprint density at radius 1 is 0.800 bits per heavy atom. The lowest BCUT2D eigenvalue weighted by molar-refractivity contribution is 0.493. The Morgan fingerprint density at radius 3 is 1.95 bits per heavy atom. The molecule has 2 atom stereocenters. The summed E-state index contributed by atoms with van der Waals surface area (Å²) in [6.07, 6.45) is 0. The summed E-state index contributed by atoms with van der Waals surface area (Å²) in [5.74, 6) is -0.192. The molecule has 2 rings (SSSR count). The van der Waals surface area contributed by atoms with Crippen LogP contribution in [0.2, 0.25) is 0 Å². The van der Waals surface area contributed by atoms with Gasteiger partial charge in [-0.05, 0) is 62.1 Å². The van der Waals surface area contributed by atoms with Crippen molar-refractivity contribution in [3.8, 4) is 0 Å². The van der Waals surface area contributed by atoms with Crippen LogP contribution in [0.1, 0.15) is 48.2 Å². The molecule has 106 valence electrons. The lowest BCUT2D eigenvalue weighted by Gasteiger charge is -2.21. The number of benzene rings is 2. The third kappa shape index (κ3) is 3.45.